The van der Waals surface area contributed by atoms with Crippen LogP contribution in [0.1, 0.15) is 41.9 Å². The SMILES string of the molecule is C[C@H]1CCN(C(=O)c2ccnc(-n3cncn3)c2)[C@H](c2ccco2)C1. The van der Waals surface area contributed by atoms with Gasteiger partial charge in [-0.05, 0) is 43.0 Å². The van der Waals surface area contributed by atoms with E-state index in [1.54, 1.807) is 35.6 Å². The smallest absolute Gasteiger partial charge is 0.254 e. The van der Waals surface area contributed by atoms with Crippen molar-refractivity contribution in [1.82, 2.24) is 24.6 Å². The Hall–Kier alpha value is -2.96. The quantitative estimate of drug-likeness (QED) is 0.734. The first kappa shape index (κ1) is 15.6. The van der Waals surface area contributed by atoms with Crippen LogP contribution >= 0.6 is 0 Å². The molecule has 3 aromatic heterocycles. The van der Waals surface area contributed by atoms with Crippen molar-refractivity contribution in [3.05, 3.63) is 60.7 Å². The van der Waals surface area contributed by atoms with Crippen LogP contribution in [0.3, 0.4) is 0 Å². The number of aromatic nitrogens is 4. The predicted molar refractivity (Wildman–Crippen MR) is 90.0 cm³/mol. The molecule has 1 aliphatic heterocycles. The average Bonchev–Trinajstić information content (AvgIpc) is 3.35. The number of rotatable bonds is 3. The largest absolute Gasteiger partial charge is 0.467 e. The van der Waals surface area contributed by atoms with E-state index in [4.69, 9.17) is 4.42 Å². The van der Waals surface area contributed by atoms with Gasteiger partial charge in [-0.1, -0.05) is 6.92 Å². The number of amides is 1. The van der Waals surface area contributed by atoms with Gasteiger partial charge in [0, 0.05) is 18.3 Å². The Labute approximate surface area is 145 Å². The summed E-state index contributed by atoms with van der Waals surface area (Å²) >= 11 is 0. The molecule has 25 heavy (non-hydrogen) atoms. The van der Waals surface area contributed by atoms with Gasteiger partial charge >= 0.3 is 0 Å². The van der Waals surface area contributed by atoms with Crippen molar-refractivity contribution in [3.8, 4) is 5.82 Å². The van der Waals surface area contributed by atoms with Gasteiger partial charge in [-0.15, -0.1) is 0 Å². The lowest BCUT2D eigenvalue weighted by atomic mass is 9.90. The Balaban J connectivity index is 1.64. The highest BCUT2D eigenvalue weighted by Crippen LogP contribution is 2.35. The molecular weight excluding hydrogens is 318 g/mol. The molecule has 1 fully saturated rings. The van der Waals surface area contributed by atoms with Crippen LogP contribution in [0, 0.1) is 5.92 Å². The molecule has 1 amide bonds. The first-order chi connectivity index (χ1) is 12.2. The molecule has 7 nitrogen and oxygen atoms in total. The van der Waals surface area contributed by atoms with Crippen molar-refractivity contribution < 1.29 is 9.21 Å². The molecule has 3 aromatic rings. The van der Waals surface area contributed by atoms with Crippen molar-refractivity contribution >= 4 is 5.91 Å². The molecular formula is C18H19N5O2. The fourth-order valence-corrected chi connectivity index (χ4v) is 3.30. The van der Waals surface area contributed by atoms with Gasteiger partial charge in [-0.25, -0.2) is 14.6 Å². The number of carbonyl (C=O) groups excluding carboxylic acids is 1. The molecule has 2 atom stereocenters. The van der Waals surface area contributed by atoms with Gasteiger partial charge in [-0.3, -0.25) is 4.79 Å². The molecule has 0 unspecified atom stereocenters. The van der Waals surface area contributed by atoms with E-state index in [2.05, 4.69) is 22.0 Å². The van der Waals surface area contributed by atoms with Gasteiger partial charge in [0.05, 0.1) is 12.3 Å². The monoisotopic (exact) mass is 337 g/mol. The third-order valence-corrected chi connectivity index (χ3v) is 4.64. The second-order valence-electron chi connectivity index (χ2n) is 6.40. The predicted octanol–water partition coefficient (Wildman–Crippen LogP) is 2.87. The van der Waals surface area contributed by atoms with Gasteiger partial charge in [0.15, 0.2) is 5.82 Å². The van der Waals surface area contributed by atoms with E-state index in [9.17, 15) is 4.79 Å². The lowest BCUT2D eigenvalue weighted by molar-refractivity contribution is 0.0521. The summed E-state index contributed by atoms with van der Waals surface area (Å²) in [4.78, 5) is 23.2. The van der Waals surface area contributed by atoms with Crippen LogP contribution in [-0.2, 0) is 0 Å². The average molecular weight is 337 g/mol. The van der Waals surface area contributed by atoms with Crippen LogP contribution < -0.4 is 0 Å². The van der Waals surface area contributed by atoms with Gasteiger partial charge in [-0.2, -0.15) is 5.10 Å². The Morgan fingerprint density at radius 1 is 1.36 bits per heavy atom. The van der Waals surface area contributed by atoms with Crippen molar-refractivity contribution in [2.45, 2.75) is 25.8 Å². The van der Waals surface area contributed by atoms with Crippen LogP contribution in [0.5, 0.6) is 0 Å². The highest BCUT2D eigenvalue weighted by Gasteiger charge is 2.33. The standard InChI is InChI=1S/C18H19N5O2/c1-13-5-7-22(15(9-13)16-3-2-8-25-16)18(24)14-4-6-20-17(10-14)23-12-19-11-21-23/h2-4,6,8,10-13,15H,5,7,9H2,1H3/t13-,15-/m0/s1. The Kier molecular flexibility index (Phi) is 4.05. The molecule has 0 bridgehead atoms. The molecule has 4 heterocycles. The summed E-state index contributed by atoms with van der Waals surface area (Å²) in [5, 5.41) is 4.07. The van der Waals surface area contributed by atoms with Crippen LogP contribution in [0.15, 0.2) is 53.8 Å². The fraction of sp³-hybridized carbons (Fsp3) is 0.333. The number of furan rings is 1. The first-order valence-electron chi connectivity index (χ1n) is 8.38. The number of hydrogen-bond donors (Lipinski definition) is 0. The molecule has 0 saturated carbocycles. The molecule has 0 aliphatic carbocycles. The second-order valence-corrected chi connectivity index (χ2v) is 6.40. The molecule has 1 aliphatic rings. The summed E-state index contributed by atoms with van der Waals surface area (Å²) in [5.41, 5.74) is 0.589. The van der Waals surface area contributed by atoms with Crippen LogP contribution in [0.25, 0.3) is 5.82 Å². The molecule has 0 spiro atoms. The third-order valence-electron chi connectivity index (χ3n) is 4.64. The number of piperidine rings is 1. The number of pyridine rings is 1. The van der Waals surface area contributed by atoms with E-state index in [-0.39, 0.29) is 11.9 Å². The molecule has 0 N–H and O–H groups in total. The van der Waals surface area contributed by atoms with Gasteiger partial charge in [0.25, 0.3) is 5.91 Å². The van der Waals surface area contributed by atoms with Crippen molar-refractivity contribution in [3.63, 3.8) is 0 Å². The molecule has 1 saturated heterocycles. The van der Waals surface area contributed by atoms with Crippen LogP contribution in [-0.4, -0.2) is 37.1 Å². The molecule has 0 radical (unpaired) electrons. The van der Waals surface area contributed by atoms with Gasteiger partial charge < -0.3 is 9.32 Å². The van der Waals surface area contributed by atoms with Crippen molar-refractivity contribution in [1.29, 1.82) is 0 Å². The van der Waals surface area contributed by atoms with E-state index in [0.29, 0.717) is 23.8 Å². The molecule has 128 valence electrons. The molecule has 4 rings (SSSR count). The van der Waals surface area contributed by atoms with Crippen LogP contribution in [0.4, 0.5) is 0 Å². The number of carbonyl (C=O) groups is 1. The number of hydrogen-bond acceptors (Lipinski definition) is 5. The zero-order valence-electron chi connectivity index (χ0n) is 13.9. The lowest BCUT2D eigenvalue weighted by Crippen LogP contribution is -2.40. The summed E-state index contributed by atoms with van der Waals surface area (Å²) in [6.07, 6.45) is 8.18. The van der Waals surface area contributed by atoms with Crippen molar-refractivity contribution in [2.24, 2.45) is 5.92 Å². The topological polar surface area (TPSA) is 77.1 Å². The summed E-state index contributed by atoms with van der Waals surface area (Å²) in [5.74, 6) is 1.95. The lowest BCUT2D eigenvalue weighted by Gasteiger charge is -2.37. The zero-order chi connectivity index (χ0) is 17.2. The zero-order valence-corrected chi connectivity index (χ0v) is 13.9. The summed E-state index contributed by atoms with van der Waals surface area (Å²) < 4.78 is 7.13. The Morgan fingerprint density at radius 2 is 2.28 bits per heavy atom. The first-order valence-corrected chi connectivity index (χ1v) is 8.38. The van der Waals surface area contributed by atoms with E-state index in [1.165, 1.54) is 6.33 Å². The summed E-state index contributed by atoms with van der Waals surface area (Å²) in [6.45, 7) is 2.93. The van der Waals surface area contributed by atoms with Gasteiger partial charge in [0.2, 0.25) is 0 Å². The minimum absolute atomic E-state index is 0.0166. The van der Waals surface area contributed by atoms with E-state index >= 15 is 0 Å². The number of nitrogens with zero attached hydrogens (tertiary/aromatic N) is 5. The normalized spacial score (nSPS) is 20.6. The molecule has 0 aromatic carbocycles. The van der Waals surface area contributed by atoms with E-state index < -0.39 is 0 Å². The minimum atomic E-state index is -0.0331. The maximum Gasteiger partial charge on any atom is 0.254 e. The highest BCUT2D eigenvalue weighted by molar-refractivity contribution is 5.94. The minimum Gasteiger partial charge on any atom is -0.467 e. The molecule has 7 heteroatoms. The van der Waals surface area contributed by atoms with Crippen molar-refractivity contribution in [2.75, 3.05) is 6.54 Å². The van der Waals surface area contributed by atoms with Crippen LogP contribution in [0.2, 0.25) is 0 Å². The summed E-state index contributed by atoms with van der Waals surface area (Å²) in [7, 11) is 0. The third kappa shape index (κ3) is 3.05. The second kappa shape index (κ2) is 6.51. The Bertz CT molecular complexity index is 844. The number of likely N-dealkylation sites (tertiary alicyclic amines) is 1. The van der Waals surface area contributed by atoms with E-state index in [0.717, 1.165) is 18.6 Å². The fourth-order valence-electron chi connectivity index (χ4n) is 3.30. The van der Waals surface area contributed by atoms with E-state index in [1.807, 2.05) is 17.0 Å². The Morgan fingerprint density at radius 3 is 3.04 bits per heavy atom. The summed E-state index contributed by atoms with van der Waals surface area (Å²) in [6, 6.07) is 7.26. The maximum absolute atomic E-state index is 13.1. The maximum atomic E-state index is 13.1. The van der Waals surface area contributed by atoms with Gasteiger partial charge in [0.1, 0.15) is 18.4 Å². The highest BCUT2D eigenvalue weighted by atomic mass is 16.3.